The standard InChI is InChI=1S/C17H27BrN2O/c1-14(15-7-8-17(21-2)16(18)13-15)19-9-6-12-20-10-4-3-5-11-20/h7-8,13-14,19H,3-6,9-12H2,1-2H3. The van der Waals surface area contributed by atoms with E-state index < -0.39 is 0 Å². The Hall–Kier alpha value is -0.580. The topological polar surface area (TPSA) is 24.5 Å². The molecule has 1 aromatic rings. The number of hydrogen-bond acceptors (Lipinski definition) is 3. The summed E-state index contributed by atoms with van der Waals surface area (Å²) in [7, 11) is 1.70. The van der Waals surface area contributed by atoms with Crippen molar-refractivity contribution in [1.29, 1.82) is 0 Å². The van der Waals surface area contributed by atoms with Crippen molar-refractivity contribution in [3.05, 3.63) is 28.2 Å². The summed E-state index contributed by atoms with van der Waals surface area (Å²) in [5.41, 5.74) is 1.29. The molecular weight excluding hydrogens is 328 g/mol. The van der Waals surface area contributed by atoms with E-state index >= 15 is 0 Å². The highest BCUT2D eigenvalue weighted by Crippen LogP contribution is 2.27. The molecule has 0 radical (unpaired) electrons. The SMILES string of the molecule is COc1ccc(C(C)NCCCN2CCCCC2)cc1Br. The summed E-state index contributed by atoms with van der Waals surface area (Å²) in [6, 6.07) is 6.66. The number of piperidine rings is 1. The van der Waals surface area contributed by atoms with Crippen molar-refractivity contribution in [1.82, 2.24) is 10.2 Å². The molecule has 0 bridgehead atoms. The van der Waals surface area contributed by atoms with Gasteiger partial charge in [-0.1, -0.05) is 12.5 Å². The van der Waals surface area contributed by atoms with Gasteiger partial charge in [0.2, 0.25) is 0 Å². The van der Waals surface area contributed by atoms with E-state index in [2.05, 4.69) is 45.2 Å². The average molecular weight is 355 g/mol. The predicted octanol–water partition coefficient (Wildman–Crippen LogP) is 3.98. The molecule has 0 spiro atoms. The fourth-order valence-corrected chi connectivity index (χ4v) is 3.43. The third-order valence-electron chi connectivity index (χ3n) is 4.23. The zero-order valence-electron chi connectivity index (χ0n) is 13.2. The molecule has 1 heterocycles. The van der Waals surface area contributed by atoms with Gasteiger partial charge in [0.1, 0.15) is 5.75 Å². The lowest BCUT2D eigenvalue weighted by atomic mass is 10.1. The van der Waals surface area contributed by atoms with E-state index in [9.17, 15) is 0 Å². The first-order valence-electron chi connectivity index (χ1n) is 8.00. The van der Waals surface area contributed by atoms with E-state index in [1.165, 1.54) is 50.9 Å². The molecule has 0 saturated carbocycles. The third kappa shape index (κ3) is 5.28. The van der Waals surface area contributed by atoms with Gasteiger partial charge in [-0.05, 0) is 86.0 Å². The monoisotopic (exact) mass is 354 g/mol. The molecule has 118 valence electrons. The van der Waals surface area contributed by atoms with Crippen molar-refractivity contribution in [3.8, 4) is 5.75 Å². The second-order valence-corrected chi connectivity index (χ2v) is 6.68. The molecule has 1 N–H and O–H groups in total. The summed E-state index contributed by atoms with van der Waals surface area (Å²) >= 11 is 3.55. The lowest BCUT2D eigenvalue weighted by Crippen LogP contribution is -2.32. The van der Waals surface area contributed by atoms with Crippen molar-refractivity contribution >= 4 is 15.9 Å². The Morgan fingerprint density at radius 1 is 1.29 bits per heavy atom. The Bertz CT molecular complexity index is 433. The maximum atomic E-state index is 5.27. The minimum atomic E-state index is 0.369. The molecule has 1 aromatic carbocycles. The van der Waals surface area contributed by atoms with E-state index in [4.69, 9.17) is 4.74 Å². The van der Waals surface area contributed by atoms with E-state index in [-0.39, 0.29) is 0 Å². The minimum Gasteiger partial charge on any atom is -0.496 e. The molecule has 0 aromatic heterocycles. The normalized spacial score (nSPS) is 17.7. The predicted molar refractivity (Wildman–Crippen MR) is 92.0 cm³/mol. The maximum absolute atomic E-state index is 5.27. The van der Waals surface area contributed by atoms with Gasteiger partial charge in [-0.2, -0.15) is 0 Å². The second kappa shape index (κ2) is 8.76. The molecule has 0 aliphatic carbocycles. The second-order valence-electron chi connectivity index (χ2n) is 5.83. The molecule has 1 aliphatic heterocycles. The van der Waals surface area contributed by atoms with Crippen LogP contribution in [-0.4, -0.2) is 38.2 Å². The third-order valence-corrected chi connectivity index (χ3v) is 4.85. The van der Waals surface area contributed by atoms with E-state index in [0.717, 1.165) is 16.8 Å². The van der Waals surface area contributed by atoms with Crippen LogP contribution in [0.2, 0.25) is 0 Å². The van der Waals surface area contributed by atoms with Crippen LogP contribution in [0.4, 0.5) is 0 Å². The quantitative estimate of drug-likeness (QED) is 0.749. The number of hydrogen-bond donors (Lipinski definition) is 1. The van der Waals surface area contributed by atoms with Crippen LogP contribution >= 0.6 is 15.9 Å². The average Bonchev–Trinajstić information content (AvgIpc) is 2.52. The number of benzene rings is 1. The molecule has 1 fully saturated rings. The molecule has 0 amide bonds. The van der Waals surface area contributed by atoms with Crippen molar-refractivity contribution in [2.24, 2.45) is 0 Å². The van der Waals surface area contributed by atoms with Gasteiger partial charge in [-0.15, -0.1) is 0 Å². The highest BCUT2D eigenvalue weighted by Gasteiger charge is 2.10. The zero-order chi connectivity index (χ0) is 15.1. The largest absolute Gasteiger partial charge is 0.496 e. The molecule has 4 heteroatoms. The smallest absolute Gasteiger partial charge is 0.133 e. The first kappa shape index (κ1) is 16.8. The Morgan fingerprint density at radius 2 is 2.05 bits per heavy atom. The Labute approximate surface area is 137 Å². The molecule has 1 unspecified atom stereocenters. The summed E-state index contributed by atoms with van der Waals surface area (Å²) in [5.74, 6) is 0.885. The van der Waals surface area contributed by atoms with Crippen molar-refractivity contribution < 1.29 is 4.74 Å². The van der Waals surface area contributed by atoms with Gasteiger partial charge in [-0.3, -0.25) is 0 Å². The zero-order valence-corrected chi connectivity index (χ0v) is 14.8. The van der Waals surface area contributed by atoms with Crippen LogP contribution in [0.25, 0.3) is 0 Å². The van der Waals surface area contributed by atoms with Crippen LogP contribution in [0.5, 0.6) is 5.75 Å². The highest BCUT2D eigenvalue weighted by molar-refractivity contribution is 9.10. The number of nitrogens with one attached hydrogen (secondary N) is 1. The fraction of sp³-hybridized carbons (Fsp3) is 0.647. The van der Waals surface area contributed by atoms with Gasteiger partial charge in [0.05, 0.1) is 11.6 Å². The van der Waals surface area contributed by atoms with Crippen molar-refractivity contribution in [2.45, 2.75) is 38.6 Å². The molecular formula is C17H27BrN2O. The molecule has 1 aliphatic rings. The summed E-state index contributed by atoms with van der Waals surface area (Å²) in [5, 5.41) is 3.61. The summed E-state index contributed by atoms with van der Waals surface area (Å²) in [6.45, 7) is 7.10. The van der Waals surface area contributed by atoms with Crippen molar-refractivity contribution in [3.63, 3.8) is 0 Å². The summed E-state index contributed by atoms with van der Waals surface area (Å²) < 4.78 is 6.29. The van der Waals surface area contributed by atoms with Crippen LogP contribution in [0.1, 0.15) is 44.2 Å². The lowest BCUT2D eigenvalue weighted by molar-refractivity contribution is 0.225. The summed E-state index contributed by atoms with van der Waals surface area (Å²) in [6.07, 6.45) is 5.40. The number of halogens is 1. The molecule has 2 rings (SSSR count). The number of methoxy groups -OCH3 is 1. The number of nitrogens with zero attached hydrogens (tertiary/aromatic N) is 1. The van der Waals surface area contributed by atoms with E-state index in [0.29, 0.717) is 6.04 Å². The number of likely N-dealkylation sites (tertiary alicyclic amines) is 1. The number of ether oxygens (including phenoxy) is 1. The molecule has 21 heavy (non-hydrogen) atoms. The Balaban J connectivity index is 1.71. The van der Waals surface area contributed by atoms with Crippen LogP contribution in [0, 0.1) is 0 Å². The Kier molecular flexibility index (Phi) is 7.00. The van der Waals surface area contributed by atoms with Crippen molar-refractivity contribution in [2.75, 3.05) is 33.3 Å². The van der Waals surface area contributed by atoms with Crippen LogP contribution in [0.15, 0.2) is 22.7 Å². The first-order chi connectivity index (χ1) is 10.2. The van der Waals surface area contributed by atoms with Crippen LogP contribution < -0.4 is 10.1 Å². The van der Waals surface area contributed by atoms with E-state index in [1.54, 1.807) is 7.11 Å². The van der Waals surface area contributed by atoms with Gasteiger partial charge in [-0.25, -0.2) is 0 Å². The highest BCUT2D eigenvalue weighted by atomic mass is 79.9. The van der Waals surface area contributed by atoms with Gasteiger partial charge < -0.3 is 15.0 Å². The van der Waals surface area contributed by atoms with Crippen LogP contribution in [0.3, 0.4) is 0 Å². The van der Waals surface area contributed by atoms with Gasteiger partial charge in [0, 0.05) is 6.04 Å². The fourth-order valence-electron chi connectivity index (χ4n) is 2.87. The Morgan fingerprint density at radius 3 is 2.71 bits per heavy atom. The number of rotatable bonds is 7. The maximum Gasteiger partial charge on any atom is 0.133 e. The first-order valence-corrected chi connectivity index (χ1v) is 8.79. The summed E-state index contributed by atoms with van der Waals surface area (Å²) in [4.78, 5) is 2.60. The molecule has 1 saturated heterocycles. The van der Waals surface area contributed by atoms with Crippen LogP contribution in [-0.2, 0) is 0 Å². The van der Waals surface area contributed by atoms with Gasteiger partial charge in [0.15, 0.2) is 0 Å². The van der Waals surface area contributed by atoms with Gasteiger partial charge >= 0.3 is 0 Å². The molecule has 1 atom stereocenters. The lowest BCUT2D eigenvalue weighted by Gasteiger charge is -2.26. The van der Waals surface area contributed by atoms with E-state index in [1.807, 2.05) is 6.07 Å². The molecule has 3 nitrogen and oxygen atoms in total. The van der Waals surface area contributed by atoms with Gasteiger partial charge in [0.25, 0.3) is 0 Å². The minimum absolute atomic E-state index is 0.369.